The number of aryl methyl sites for hydroxylation is 1. The fraction of sp³-hybridized carbons (Fsp3) is 0.500. The van der Waals surface area contributed by atoms with E-state index < -0.39 is 0 Å². The summed E-state index contributed by atoms with van der Waals surface area (Å²) in [7, 11) is 0. The van der Waals surface area contributed by atoms with Gasteiger partial charge in [0, 0.05) is 44.7 Å². The molecule has 0 spiro atoms. The summed E-state index contributed by atoms with van der Waals surface area (Å²) in [6.45, 7) is 13.1. The number of aromatic nitrogens is 3. The zero-order chi connectivity index (χ0) is 25.1. The summed E-state index contributed by atoms with van der Waals surface area (Å²) in [4.78, 5) is 12.1. The van der Waals surface area contributed by atoms with E-state index in [2.05, 4.69) is 70.2 Å². The molecule has 0 atom stereocenters. The van der Waals surface area contributed by atoms with E-state index in [4.69, 9.17) is 15.5 Å². The number of morpholine rings is 1. The number of ether oxygens (including phenoxy) is 1. The Labute approximate surface area is 217 Å². The Morgan fingerprint density at radius 1 is 1.08 bits per heavy atom. The third kappa shape index (κ3) is 5.27. The van der Waals surface area contributed by atoms with Crippen LogP contribution in [0, 0.1) is 0 Å². The number of hydrogen-bond donors (Lipinski definition) is 2. The summed E-state index contributed by atoms with van der Waals surface area (Å²) in [5.74, 6) is 1.62. The zero-order valence-corrected chi connectivity index (χ0v) is 22.5. The molecule has 1 aliphatic heterocycles. The molecular weight excluding hydrogens is 468 g/mol. The van der Waals surface area contributed by atoms with Gasteiger partial charge in [-0.1, -0.05) is 37.6 Å². The summed E-state index contributed by atoms with van der Waals surface area (Å²) in [6, 6.07) is 11.0. The van der Waals surface area contributed by atoms with Gasteiger partial charge in [0.2, 0.25) is 0 Å². The van der Waals surface area contributed by atoms with Crippen LogP contribution in [0.2, 0.25) is 0 Å². The SMILES string of the molecule is CCCCc1nc2c(N)nc3ccsc3c2n1Cc1ccc(CNCC(C)(C)N2CCOCC2)cc1. The largest absolute Gasteiger partial charge is 0.382 e. The van der Waals surface area contributed by atoms with Crippen LogP contribution in [0.5, 0.6) is 0 Å². The Morgan fingerprint density at radius 2 is 1.83 bits per heavy atom. The molecule has 3 aromatic heterocycles. The number of fused-ring (bicyclic) bond motifs is 3. The molecule has 0 amide bonds. The highest BCUT2D eigenvalue weighted by atomic mass is 32.1. The lowest BCUT2D eigenvalue weighted by atomic mass is 10.0. The minimum absolute atomic E-state index is 0.116. The Hall–Kier alpha value is -2.52. The zero-order valence-electron chi connectivity index (χ0n) is 21.7. The molecule has 1 fully saturated rings. The van der Waals surface area contributed by atoms with Gasteiger partial charge in [-0.25, -0.2) is 9.97 Å². The van der Waals surface area contributed by atoms with E-state index in [9.17, 15) is 0 Å². The highest BCUT2D eigenvalue weighted by Gasteiger charge is 2.27. The fourth-order valence-corrected chi connectivity index (χ4v) is 5.98. The molecule has 36 heavy (non-hydrogen) atoms. The molecule has 8 heteroatoms. The van der Waals surface area contributed by atoms with E-state index in [1.807, 2.05) is 6.07 Å². The van der Waals surface area contributed by atoms with Crippen LogP contribution in [0.1, 0.15) is 50.6 Å². The van der Waals surface area contributed by atoms with Crippen molar-refractivity contribution in [2.75, 3.05) is 38.6 Å². The van der Waals surface area contributed by atoms with Crippen LogP contribution >= 0.6 is 11.3 Å². The van der Waals surface area contributed by atoms with Crippen molar-refractivity contribution in [1.82, 2.24) is 24.8 Å². The van der Waals surface area contributed by atoms with Crippen molar-refractivity contribution < 1.29 is 4.74 Å². The van der Waals surface area contributed by atoms with Crippen molar-refractivity contribution in [3.8, 4) is 0 Å². The maximum atomic E-state index is 6.33. The van der Waals surface area contributed by atoms with Gasteiger partial charge in [0.05, 0.1) is 28.9 Å². The first kappa shape index (κ1) is 25.1. The van der Waals surface area contributed by atoms with Crippen LogP contribution in [-0.4, -0.2) is 57.8 Å². The number of benzene rings is 1. The first-order valence-electron chi connectivity index (χ1n) is 13.1. The maximum Gasteiger partial charge on any atom is 0.152 e. The summed E-state index contributed by atoms with van der Waals surface area (Å²) in [5.41, 5.74) is 11.9. The van der Waals surface area contributed by atoms with Gasteiger partial charge in [-0.2, -0.15) is 0 Å². The predicted octanol–water partition coefficient (Wildman–Crippen LogP) is 4.82. The number of unbranched alkanes of at least 4 members (excludes halogenated alkanes) is 1. The Morgan fingerprint density at radius 3 is 2.58 bits per heavy atom. The van der Waals surface area contributed by atoms with Crippen LogP contribution in [0.4, 0.5) is 5.82 Å². The molecule has 3 N–H and O–H groups in total. The standard InChI is InChI=1S/C28H38N6OS/c1-4-5-6-23-32-24-25(26-22(11-16-36-26)31-27(24)29)34(23)18-21-9-7-20(8-10-21)17-30-19-28(2,3)33-12-14-35-15-13-33/h7-11,16,30H,4-6,12-15,17-19H2,1-3H3,(H2,29,31). The highest BCUT2D eigenvalue weighted by molar-refractivity contribution is 7.18. The second-order valence-corrected chi connectivity index (χ2v) is 11.3. The number of hydrogen-bond acceptors (Lipinski definition) is 7. The number of thiophene rings is 1. The van der Waals surface area contributed by atoms with Crippen LogP contribution in [0.15, 0.2) is 35.7 Å². The van der Waals surface area contributed by atoms with Gasteiger partial charge in [-0.15, -0.1) is 11.3 Å². The molecule has 192 valence electrons. The number of anilines is 1. The van der Waals surface area contributed by atoms with E-state index >= 15 is 0 Å². The van der Waals surface area contributed by atoms with Crippen molar-refractivity contribution in [1.29, 1.82) is 0 Å². The lowest BCUT2D eigenvalue weighted by Gasteiger charge is -2.41. The Bertz CT molecular complexity index is 1300. The third-order valence-corrected chi connectivity index (χ3v) is 8.17. The van der Waals surface area contributed by atoms with Crippen molar-refractivity contribution in [2.24, 2.45) is 0 Å². The van der Waals surface area contributed by atoms with Gasteiger partial charge in [0.1, 0.15) is 11.3 Å². The Kier molecular flexibility index (Phi) is 7.57. The van der Waals surface area contributed by atoms with Gasteiger partial charge in [0.15, 0.2) is 5.82 Å². The summed E-state index contributed by atoms with van der Waals surface area (Å²) >= 11 is 1.71. The number of imidazole rings is 1. The molecule has 1 aromatic carbocycles. The lowest BCUT2D eigenvalue weighted by Crippen LogP contribution is -2.54. The van der Waals surface area contributed by atoms with Crippen LogP contribution in [-0.2, 0) is 24.2 Å². The molecule has 0 saturated carbocycles. The van der Waals surface area contributed by atoms with Crippen molar-refractivity contribution in [3.05, 3.63) is 52.7 Å². The molecule has 0 unspecified atom stereocenters. The van der Waals surface area contributed by atoms with E-state index in [-0.39, 0.29) is 5.54 Å². The molecule has 5 rings (SSSR count). The third-order valence-electron chi connectivity index (χ3n) is 7.26. The van der Waals surface area contributed by atoms with Crippen LogP contribution < -0.4 is 11.1 Å². The first-order chi connectivity index (χ1) is 17.5. The van der Waals surface area contributed by atoms with Crippen LogP contribution in [0.3, 0.4) is 0 Å². The summed E-state index contributed by atoms with van der Waals surface area (Å²) in [5, 5.41) is 5.75. The summed E-state index contributed by atoms with van der Waals surface area (Å²) < 4.78 is 9.04. The number of nitrogens with one attached hydrogen (secondary N) is 1. The van der Waals surface area contributed by atoms with Gasteiger partial charge in [0.25, 0.3) is 0 Å². The second-order valence-electron chi connectivity index (χ2n) is 10.4. The number of nitrogens with zero attached hydrogens (tertiary/aromatic N) is 4. The van der Waals surface area contributed by atoms with Crippen LogP contribution in [0.25, 0.3) is 21.3 Å². The molecular formula is C28H38N6OS. The second kappa shape index (κ2) is 10.8. The lowest BCUT2D eigenvalue weighted by molar-refractivity contribution is -0.00966. The first-order valence-corrected chi connectivity index (χ1v) is 14.0. The molecule has 4 heterocycles. The number of pyridine rings is 1. The van der Waals surface area contributed by atoms with Gasteiger partial charge in [-0.3, -0.25) is 4.90 Å². The maximum absolute atomic E-state index is 6.33. The minimum Gasteiger partial charge on any atom is -0.382 e. The molecule has 4 aromatic rings. The Balaban J connectivity index is 1.31. The topological polar surface area (TPSA) is 81.2 Å². The smallest absolute Gasteiger partial charge is 0.152 e. The van der Waals surface area contributed by atoms with Gasteiger partial charge < -0.3 is 20.4 Å². The predicted molar refractivity (Wildman–Crippen MR) is 150 cm³/mol. The average Bonchev–Trinajstić information content (AvgIpc) is 3.49. The van der Waals surface area contributed by atoms with Crippen molar-refractivity contribution in [3.63, 3.8) is 0 Å². The normalized spacial score (nSPS) is 15.3. The monoisotopic (exact) mass is 506 g/mol. The van der Waals surface area contributed by atoms with E-state index in [1.54, 1.807) is 11.3 Å². The van der Waals surface area contributed by atoms with Gasteiger partial charge in [-0.05, 0) is 42.8 Å². The number of nitrogens with two attached hydrogens (primary N) is 1. The quantitative estimate of drug-likeness (QED) is 0.321. The van der Waals surface area contributed by atoms with E-state index in [1.165, 1.54) is 11.1 Å². The molecule has 1 aliphatic rings. The molecule has 0 bridgehead atoms. The highest BCUT2D eigenvalue weighted by Crippen LogP contribution is 2.33. The molecule has 1 saturated heterocycles. The summed E-state index contributed by atoms with van der Waals surface area (Å²) in [6.07, 6.45) is 3.18. The number of rotatable bonds is 10. The van der Waals surface area contributed by atoms with Crippen molar-refractivity contribution >= 4 is 38.4 Å². The molecule has 0 radical (unpaired) electrons. The van der Waals surface area contributed by atoms with E-state index in [0.29, 0.717) is 5.82 Å². The minimum atomic E-state index is 0.116. The fourth-order valence-electron chi connectivity index (χ4n) is 5.09. The average molecular weight is 507 g/mol. The number of nitrogen functional groups attached to an aromatic ring is 1. The molecule has 7 nitrogen and oxygen atoms in total. The van der Waals surface area contributed by atoms with Gasteiger partial charge >= 0.3 is 0 Å². The molecule has 0 aliphatic carbocycles. The van der Waals surface area contributed by atoms with Crippen molar-refractivity contribution in [2.45, 2.75) is 58.7 Å². The van der Waals surface area contributed by atoms with E-state index in [0.717, 1.165) is 92.3 Å².